The van der Waals surface area contributed by atoms with Gasteiger partial charge in [-0.05, 0) is 37.3 Å². The highest BCUT2D eigenvalue weighted by Gasteiger charge is 2.10. The molecule has 0 aliphatic carbocycles. The third kappa shape index (κ3) is 3.28. The lowest BCUT2D eigenvalue weighted by atomic mass is 10.1. The normalized spacial score (nSPS) is 12.1. The highest BCUT2D eigenvalue weighted by atomic mass is 16.4. The first-order valence-electron chi connectivity index (χ1n) is 5.98. The van der Waals surface area contributed by atoms with Gasteiger partial charge in [0.15, 0.2) is 0 Å². The number of benzene rings is 1. The molecule has 0 saturated heterocycles. The molecule has 4 N–H and O–H groups in total. The Morgan fingerprint density at radius 1 is 1.47 bits per heavy atom. The standard InChI is InChI=1S/C14H16N2O3/c1-9(7-11-3-2-6-19-11)16-13-8-10(14(17)18)4-5-12(13)15/h2-6,8-9,16H,7,15H2,1H3,(H,17,18). The summed E-state index contributed by atoms with van der Waals surface area (Å²) in [7, 11) is 0. The predicted octanol–water partition coefficient (Wildman–Crippen LogP) is 2.60. The van der Waals surface area contributed by atoms with Gasteiger partial charge in [-0.2, -0.15) is 0 Å². The van der Waals surface area contributed by atoms with Crippen molar-refractivity contribution in [1.82, 2.24) is 0 Å². The Hall–Kier alpha value is -2.43. The second-order valence-electron chi connectivity index (χ2n) is 4.44. The number of nitrogen functional groups attached to an aromatic ring is 1. The molecule has 2 aromatic rings. The first-order valence-corrected chi connectivity index (χ1v) is 5.98. The molecule has 1 unspecified atom stereocenters. The summed E-state index contributed by atoms with van der Waals surface area (Å²) in [5, 5.41) is 12.2. The van der Waals surface area contributed by atoms with Gasteiger partial charge in [-0.25, -0.2) is 4.79 Å². The molecular formula is C14H16N2O3. The van der Waals surface area contributed by atoms with Crippen LogP contribution in [0.1, 0.15) is 23.0 Å². The number of carboxylic acids is 1. The van der Waals surface area contributed by atoms with Crippen LogP contribution in [0.5, 0.6) is 0 Å². The minimum absolute atomic E-state index is 0.0810. The van der Waals surface area contributed by atoms with Crippen LogP contribution >= 0.6 is 0 Å². The molecule has 1 aromatic carbocycles. The van der Waals surface area contributed by atoms with Gasteiger partial charge in [-0.3, -0.25) is 0 Å². The van der Waals surface area contributed by atoms with E-state index in [0.717, 1.165) is 5.76 Å². The molecule has 0 bridgehead atoms. The molecule has 0 spiro atoms. The zero-order chi connectivity index (χ0) is 13.8. The maximum Gasteiger partial charge on any atom is 0.335 e. The fourth-order valence-electron chi connectivity index (χ4n) is 1.86. The van der Waals surface area contributed by atoms with Crippen LogP contribution < -0.4 is 11.1 Å². The first kappa shape index (κ1) is 13.0. The highest BCUT2D eigenvalue weighted by Crippen LogP contribution is 2.21. The monoisotopic (exact) mass is 260 g/mol. The minimum Gasteiger partial charge on any atom is -0.478 e. The van der Waals surface area contributed by atoms with Crippen molar-refractivity contribution in [1.29, 1.82) is 0 Å². The van der Waals surface area contributed by atoms with Crippen molar-refractivity contribution in [3.63, 3.8) is 0 Å². The molecule has 5 heteroatoms. The molecule has 1 aromatic heterocycles. The Kier molecular flexibility index (Phi) is 3.75. The van der Waals surface area contributed by atoms with Crippen molar-refractivity contribution in [3.8, 4) is 0 Å². The van der Waals surface area contributed by atoms with Gasteiger partial charge in [0, 0.05) is 12.5 Å². The fourth-order valence-corrected chi connectivity index (χ4v) is 1.86. The maximum absolute atomic E-state index is 10.9. The number of rotatable bonds is 5. The molecular weight excluding hydrogens is 244 g/mol. The lowest BCUT2D eigenvalue weighted by Crippen LogP contribution is -2.19. The number of carboxylic acid groups (broad SMARTS) is 1. The van der Waals surface area contributed by atoms with Crippen molar-refractivity contribution >= 4 is 17.3 Å². The largest absolute Gasteiger partial charge is 0.478 e. The van der Waals surface area contributed by atoms with Crippen LogP contribution in [0.2, 0.25) is 0 Å². The zero-order valence-corrected chi connectivity index (χ0v) is 10.6. The zero-order valence-electron chi connectivity index (χ0n) is 10.6. The molecule has 5 nitrogen and oxygen atoms in total. The summed E-state index contributed by atoms with van der Waals surface area (Å²) >= 11 is 0. The Morgan fingerprint density at radius 2 is 2.26 bits per heavy atom. The van der Waals surface area contributed by atoms with E-state index in [1.807, 2.05) is 19.1 Å². The van der Waals surface area contributed by atoms with Crippen LogP contribution in [0.4, 0.5) is 11.4 Å². The molecule has 1 heterocycles. The second-order valence-corrected chi connectivity index (χ2v) is 4.44. The Morgan fingerprint density at radius 3 is 2.89 bits per heavy atom. The van der Waals surface area contributed by atoms with E-state index in [0.29, 0.717) is 17.8 Å². The topological polar surface area (TPSA) is 88.5 Å². The average Bonchev–Trinajstić information content (AvgIpc) is 2.84. The number of carbonyl (C=O) groups is 1. The van der Waals surface area contributed by atoms with Gasteiger partial charge in [-0.1, -0.05) is 0 Å². The molecule has 19 heavy (non-hydrogen) atoms. The van der Waals surface area contributed by atoms with E-state index in [2.05, 4.69) is 5.32 Å². The molecule has 1 atom stereocenters. The van der Waals surface area contributed by atoms with Crippen LogP contribution in [0.25, 0.3) is 0 Å². The van der Waals surface area contributed by atoms with E-state index in [1.54, 1.807) is 12.3 Å². The molecule has 0 aliphatic heterocycles. The third-order valence-corrected chi connectivity index (χ3v) is 2.79. The van der Waals surface area contributed by atoms with Crippen LogP contribution in [0.15, 0.2) is 41.0 Å². The number of nitrogens with two attached hydrogens (primary N) is 1. The molecule has 100 valence electrons. The van der Waals surface area contributed by atoms with E-state index in [1.165, 1.54) is 12.1 Å². The highest BCUT2D eigenvalue weighted by molar-refractivity contribution is 5.90. The van der Waals surface area contributed by atoms with Crippen LogP contribution in [-0.2, 0) is 6.42 Å². The quantitative estimate of drug-likeness (QED) is 0.719. The summed E-state index contributed by atoms with van der Waals surface area (Å²) in [6.45, 7) is 1.98. The summed E-state index contributed by atoms with van der Waals surface area (Å²) in [4.78, 5) is 10.9. The SMILES string of the molecule is CC(Cc1ccco1)Nc1cc(C(=O)O)ccc1N. The van der Waals surface area contributed by atoms with Gasteiger partial charge in [0.25, 0.3) is 0 Å². The average molecular weight is 260 g/mol. The summed E-state index contributed by atoms with van der Waals surface area (Å²) in [5.41, 5.74) is 7.19. The summed E-state index contributed by atoms with van der Waals surface area (Å²) in [6.07, 6.45) is 2.32. The van der Waals surface area contributed by atoms with Gasteiger partial charge in [0.05, 0.1) is 23.2 Å². The van der Waals surface area contributed by atoms with Gasteiger partial charge < -0.3 is 20.6 Å². The Balaban J connectivity index is 2.09. The number of anilines is 2. The number of aromatic carboxylic acids is 1. The lowest BCUT2D eigenvalue weighted by Gasteiger charge is -2.16. The fraction of sp³-hybridized carbons (Fsp3) is 0.214. The minimum atomic E-state index is -0.971. The van der Waals surface area contributed by atoms with Crippen molar-refractivity contribution in [2.45, 2.75) is 19.4 Å². The number of furan rings is 1. The van der Waals surface area contributed by atoms with Crippen molar-refractivity contribution in [2.24, 2.45) is 0 Å². The second kappa shape index (κ2) is 5.48. The lowest BCUT2D eigenvalue weighted by molar-refractivity contribution is 0.0697. The van der Waals surface area contributed by atoms with Crippen molar-refractivity contribution in [3.05, 3.63) is 47.9 Å². The molecule has 0 saturated carbocycles. The number of hydrogen-bond acceptors (Lipinski definition) is 4. The maximum atomic E-state index is 10.9. The summed E-state index contributed by atoms with van der Waals surface area (Å²) in [5.74, 6) is -0.102. The molecule has 0 aliphatic rings. The number of nitrogens with one attached hydrogen (secondary N) is 1. The molecule has 2 rings (SSSR count). The van der Waals surface area contributed by atoms with Crippen LogP contribution in [-0.4, -0.2) is 17.1 Å². The predicted molar refractivity (Wildman–Crippen MR) is 73.3 cm³/mol. The molecule has 0 fully saturated rings. The van der Waals surface area contributed by atoms with E-state index in [9.17, 15) is 4.79 Å². The smallest absolute Gasteiger partial charge is 0.335 e. The Bertz CT molecular complexity index is 564. The van der Waals surface area contributed by atoms with E-state index in [4.69, 9.17) is 15.3 Å². The van der Waals surface area contributed by atoms with Gasteiger partial charge in [-0.15, -0.1) is 0 Å². The van der Waals surface area contributed by atoms with E-state index >= 15 is 0 Å². The van der Waals surface area contributed by atoms with Crippen molar-refractivity contribution < 1.29 is 14.3 Å². The van der Waals surface area contributed by atoms with E-state index in [-0.39, 0.29) is 11.6 Å². The van der Waals surface area contributed by atoms with Crippen LogP contribution in [0, 0.1) is 0 Å². The number of hydrogen-bond donors (Lipinski definition) is 3. The van der Waals surface area contributed by atoms with Gasteiger partial charge >= 0.3 is 5.97 Å². The van der Waals surface area contributed by atoms with Gasteiger partial charge in [0.2, 0.25) is 0 Å². The first-order chi connectivity index (χ1) is 9.06. The Labute approximate surface area is 111 Å². The van der Waals surface area contributed by atoms with Gasteiger partial charge in [0.1, 0.15) is 5.76 Å². The molecule has 0 amide bonds. The summed E-state index contributed by atoms with van der Waals surface area (Å²) in [6, 6.07) is 8.43. The third-order valence-electron chi connectivity index (χ3n) is 2.79. The summed E-state index contributed by atoms with van der Waals surface area (Å²) < 4.78 is 5.27. The van der Waals surface area contributed by atoms with Crippen molar-refractivity contribution in [2.75, 3.05) is 11.1 Å². The molecule has 0 radical (unpaired) electrons. The van der Waals surface area contributed by atoms with Crippen LogP contribution in [0.3, 0.4) is 0 Å². The van der Waals surface area contributed by atoms with E-state index < -0.39 is 5.97 Å².